The van der Waals surface area contributed by atoms with E-state index in [2.05, 4.69) is 22.1 Å². The zero-order valence-electron chi connectivity index (χ0n) is 14.3. The Balaban J connectivity index is 1.44. The van der Waals surface area contributed by atoms with Crippen molar-refractivity contribution in [2.24, 2.45) is 0 Å². The van der Waals surface area contributed by atoms with Gasteiger partial charge in [0.05, 0.1) is 22.9 Å². The second-order valence-corrected chi connectivity index (χ2v) is 6.74. The van der Waals surface area contributed by atoms with Crippen molar-refractivity contribution in [3.63, 3.8) is 0 Å². The third kappa shape index (κ3) is 3.49. The molecule has 1 aromatic heterocycles. The summed E-state index contributed by atoms with van der Waals surface area (Å²) < 4.78 is 1.84. The second kappa shape index (κ2) is 7.32. The molecule has 0 unspecified atom stereocenters. The summed E-state index contributed by atoms with van der Waals surface area (Å²) in [5.74, 6) is 0.0765. The molecule has 0 saturated carbocycles. The molecule has 1 saturated heterocycles. The topological polar surface area (TPSA) is 41.4 Å². The van der Waals surface area contributed by atoms with Crippen LogP contribution in [0.3, 0.4) is 0 Å². The maximum absolute atomic E-state index is 12.6. The number of nitrogens with zero attached hydrogens (tertiary/aromatic N) is 4. The Morgan fingerprint density at radius 3 is 2.69 bits per heavy atom. The third-order valence-electron chi connectivity index (χ3n) is 4.53. The minimum atomic E-state index is 0.0765. The SMILES string of the molecule is O=C1CN(Cc2cccc(-n3cccn3)c2)CCN1c1ccccc1Cl. The van der Waals surface area contributed by atoms with Gasteiger partial charge in [-0.25, -0.2) is 4.68 Å². The second-order valence-electron chi connectivity index (χ2n) is 6.33. The first-order chi connectivity index (χ1) is 12.7. The fourth-order valence-corrected chi connectivity index (χ4v) is 3.50. The van der Waals surface area contributed by atoms with Crippen molar-refractivity contribution in [3.8, 4) is 5.69 Å². The van der Waals surface area contributed by atoms with Crippen LogP contribution in [0.2, 0.25) is 5.02 Å². The molecule has 1 aliphatic rings. The Bertz CT molecular complexity index is 910. The van der Waals surface area contributed by atoms with Gasteiger partial charge in [-0.3, -0.25) is 9.69 Å². The minimum Gasteiger partial charge on any atom is -0.309 e. The Kier molecular flexibility index (Phi) is 4.73. The normalized spacial score (nSPS) is 15.4. The number of rotatable bonds is 4. The monoisotopic (exact) mass is 366 g/mol. The molecular weight excluding hydrogens is 348 g/mol. The molecule has 1 amide bonds. The third-order valence-corrected chi connectivity index (χ3v) is 4.85. The van der Waals surface area contributed by atoms with Crippen molar-refractivity contribution < 1.29 is 4.79 Å². The molecule has 0 aliphatic carbocycles. The number of aromatic nitrogens is 2. The summed E-state index contributed by atoms with van der Waals surface area (Å²) in [6.07, 6.45) is 3.68. The van der Waals surface area contributed by atoms with E-state index in [1.54, 1.807) is 11.1 Å². The van der Waals surface area contributed by atoms with Gasteiger partial charge >= 0.3 is 0 Å². The summed E-state index contributed by atoms with van der Waals surface area (Å²) in [6.45, 7) is 2.57. The molecule has 5 nitrogen and oxygen atoms in total. The molecule has 0 N–H and O–H groups in total. The van der Waals surface area contributed by atoms with Crippen LogP contribution in [-0.2, 0) is 11.3 Å². The van der Waals surface area contributed by atoms with Crippen LogP contribution in [0.1, 0.15) is 5.56 Å². The standard InChI is InChI=1S/C20H19ClN4O/c21-18-7-1-2-8-19(18)24-12-11-23(15-20(24)26)14-16-5-3-6-17(13-16)25-10-4-9-22-25/h1-10,13H,11-12,14-15H2. The van der Waals surface area contributed by atoms with Crippen molar-refractivity contribution >= 4 is 23.2 Å². The molecule has 0 spiro atoms. The van der Waals surface area contributed by atoms with E-state index in [4.69, 9.17) is 11.6 Å². The number of para-hydroxylation sites is 1. The molecule has 2 aromatic carbocycles. The molecule has 4 rings (SSSR count). The molecule has 0 bridgehead atoms. The lowest BCUT2D eigenvalue weighted by molar-refractivity contribution is -0.121. The number of carbonyl (C=O) groups excluding carboxylic acids is 1. The average molecular weight is 367 g/mol. The summed E-state index contributed by atoms with van der Waals surface area (Å²) in [7, 11) is 0. The average Bonchev–Trinajstić information content (AvgIpc) is 3.18. The van der Waals surface area contributed by atoms with Gasteiger partial charge in [0, 0.05) is 32.0 Å². The van der Waals surface area contributed by atoms with E-state index in [1.165, 1.54) is 0 Å². The number of piperazine rings is 1. The summed E-state index contributed by atoms with van der Waals surface area (Å²) in [5, 5.41) is 4.88. The zero-order valence-corrected chi connectivity index (χ0v) is 15.0. The largest absolute Gasteiger partial charge is 0.309 e. The van der Waals surface area contributed by atoms with E-state index in [9.17, 15) is 4.79 Å². The van der Waals surface area contributed by atoms with Gasteiger partial charge in [-0.15, -0.1) is 0 Å². The van der Waals surface area contributed by atoms with Crippen LogP contribution in [0, 0.1) is 0 Å². The summed E-state index contributed by atoms with van der Waals surface area (Å²) in [5.41, 5.74) is 2.98. The highest BCUT2D eigenvalue weighted by atomic mass is 35.5. The number of carbonyl (C=O) groups is 1. The molecule has 2 heterocycles. The molecule has 132 valence electrons. The first-order valence-corrected chi connectivity index (χ1v) is 8.95. The number of amides is 1. The molecule has 6 heteroatoms. The molecule has 1 fully saturated rings. The van der Waals surface area contributed by atoms with Crippen LogP contribution >= 0.6 is 11.6 Å². The maximum Gasteiger partial charge on any atom is 0.241 e. The van der Waals surface area contributed by atoms with Gasteiger partial charge in [-0.2, -0.15) is 5.10 Å². The summed E-state index contributed by atoms with van der Waals surface area (Å²) in [4.78, 5) is 16.6. The predicted molar refractivity (Wildman–Crippen MR) is 103 cm³/mol. The lowest BCUT2D eigenvalue weighted by Crippen LogP contribution is -2.50. The minimum absolute atomic E-state index is 0.0765. The number of anilines is 1. The van der Waals surface area contributed by atoms with Gasteiger partial charge in [0.1, 0.15) is 0 Å². The molecule has 0 atom stereocenters. The number of hydrogen-bond donors (Lipinski definition) is 0. The predicted octanol–water partition coefficient (Wildman–Crippen LogP) is 3.37. The first-order valence-electron chi connectivity index (χ1n) is 8.57. The van der Waals surface area contributed by atoms with E-state index in [0.717, 1.165) is 30.0 Å². The van der Waals surface area contributed by atoms with Gasteiger partial charge in [0.2, 0.25) is 5.91 Å². The summed E-state index contributed by atoms with van der Waals surface area (Å²) in [6, 6.07) is 17.6. The Hall–Kier alpha value is -2.63. The number of halogens is 1. The molecule has 1 aliphatic heterocycles. The van der Waals surface area contributed by atoms with Gasteiger partial charge in [0.25, 0.3) is 0 Å². The van der Waals surface area contributed by atoms with E-state index >= 15 is 0 Å². The van der Waals surface area contributed by atoms with Crippen molar-refractivity contribution in [1.29, 1.82) is 0 Å². The van der Waals surface area contributed by atoms with Crippen LogP contribution in [0.15, 0.2) is 67.0 Å². The molecular formula is C20H19ClN4O. The van der Waals surface area contributed by atoms with Gasteiger partial charge in [-0.1, -0.05) is 35.9 Å². The van der Waals surface area contributed by atoms with Gasteiger partial charge in [-0.05, 0) is 35.9 Å². The van der Waals surface area contributed by atoms with Crippen LogP contribution in [0.25, 0.3) is 5.69 Å². The fourth-order valence-electron chi connectivity index (χ4n) is 3.26. The van der Waals surface area contributed by atoms with Crippen LogP contribution < -0.4 is 4.90 Å². The molecule has 0 radical (unpaired) electrons. The lowest BCUT2D eigenvalue weighted by atomic mass is 10.1. The van der Waals surface area contributed by atoms with Crippen LogP contribution in [-0.4, -0.2) is 40.2 Å². The number of benzene rings is 2. The van der Waals surface area contributed by atoms with E-state index in [1.807, 2.05) is 53.3 Å². The maximum atomic E-state index is 12.6. The van der Waals surface area contributed by atoms with Crippen LogP contribution in [0.5, 0.6) is 0 Å². The Morgan fingerprint density at radius 1 is 1.04 bits per heavy atom. The number of hydrogen-bond acceptors (Lipinski definition) is 3. The van der Waals surface area contributed by atoms with Crippen molar-refractivity contribution in [2.45, 2.75) is 6.54 Å². The Labute approximate surface area is 157 Å². The highest BCUT2D eigenvalue weighted by Gasteiger charge is 2.26. The van der Waals surface area contributed by atoms with Gasteiger partial charge in [0.15, 0.2) is 0 Å². The van der Waals surface area contributed by atoms with E-state index in [0.29, 0.717) is 18.1 Å². The van der Waals surface area contributed by atoms with Crippen molar-refractivity contribution in [3.05, 3.63) is 77.6 Å². The Morgan fingerprint density at radius 2 is 1.92 bits per heavy atom. The quantitative estimate of drug-likeness (QED) is 0.710. The fraction of sp³-hybridized carbons (Fsp3) is 0.200. The van der Waals surface area contributed by atoms with E-state index in [-0.39, 0.29) is 5.91 Å². The van der Waals surface area contributed by atoms with Crippen molar-refractivity contribution in [1.82, 2.24) is 14.7 Å². The molecule has 3 aromatic rings. The van der Waals surface area contributed by atoms with Gasteiger partial charge < -0.3 is 4.90 Å². The highest BCUT2D eigenvalue weighted by Crippen LogP contribution is 2.27. The first kappa shape index (κ1) is 16.8. The van der Waals surface area contributed by atoms with E-state index < -0.39 is 0 Å². The van der Waals surface area contributed by atoms with Crippen molar-refractivity contribution in [2.75, 3.05) is 24.5 Å². The summed E-state index contributed by atoms with van der Waals surface area (Å²) >= 11 is 6.24. The molecule has 26 heavy (non-hydrogen) atoms. The smallest absolute Gasteiger partial charge is 0.241 e. The lowest BCUT2D eigenvalue weighted by Gasteiger charge is -2.34. The zero-order chi connectivity index (χ0) is 17.9. The van der Waals surface area contributed by atoms with Crippen LogP contribution in [0.4, 0.5) is 5.69 Å². The highest BCUT2D eigenvalue weighted by molar-refractivity contribution is 6.33.